The van der Waals surface area contributed by atoms with Gasteiger partial charge in [-0.15, -0.1) is 10.2 Å². The van der Waals surface area contributed by atoms with Crippen molar-refractivity contribution < 1.29 is 14.7 Å². The fourth-order valence-electron chi connectivity index (χ4n) is 2.91. The maximum atomic E-state index is 11.9. The van der Waals surface area contributed by atoms with Gasteiger partial charge in [0.2, 0.25) is 11.9 Å². The number of nitrogens with one attached hydrogen (secondary N) is 1. The van der Waals surface area contributed by atoms with E-state index < -0.39 is 5.97 Å². The molecule has 2 N–H and O–H groups in total. The van der Waals surface area contributed by atoms with Crippen LogP contribution in [0.25, 0.3) is 22.4 Å². The third-order valence-electron chi connectivity index (χ3n) is 4.45. The predicted octanol–water partition coefficient (Wildman–Crippen LogP) is 1.51. The number of aromatic nitrogens is 6. The normalized spacial score (nSPS) is 13.9. The number of amides is 1. The third-order valence-corrected chi connectivity index (χ3v) is 4.45. The number of benzene rings is 1. The monoisotopic (exact) mass is 363 g/mol. The summed E-state index contributed by atoms with van der Waals surface area (Å²) < 4.78 is 2.86. The summed E-state index contributed by atoms with van der Waals surface area (Å²) in [6, 6.07) is 8.64. The Hall–Kier alpha value is -3.82. The minimum atomic E-state index is -1.13. The first-order valence-corrected chi connectivity index (χ1v) is 8.35. The Kier molecular flexibility index (Phi) is 3.20. The number of fused-ring (bicyclic) bond motifs is 2. The first-order valence-electron chi connectivity index (χ1n) is 8.35. The van der Waals surface area contributed by atoms with Gasteiger partial charge in [0.1, 0.15) is 11.2 Å². The van der Waals surface area contributed by atoms with E-state index in [1.165, 1.54) is 21.5 Å². The number of carbonyl (C=O) groups is 2. The van der Waals surface area contributed by atoms with Crippen molar-refractivity contribution in [2.24, 2.45) is 5.92 Å². The third kappa shape index (κ3) is 2.58. The molecule has 10 heteroatoms. The van der Waals surface area contributed by atoms with E-state index >= 15 is 0 Å². The first kappa shape index (κ1) is 15.4. The molecule has 10 nitrogen and oxygen atoms in total. The van der Waals surface area contributed by atoms with E-state index in [4.69, 9.17) is 0 Å². The van der Waals surface area contributed by atoms with Crippen LogP contribution in [0.1, 0.15) is 23.2 Å². The number of nitrogens with zero attached hydrogens (tertiary/aromatic N) is 6. The van der Waals surface area contributed by atoms with Crippen molar-refractivity contribution in [1.82, 2.24) is 29.6 Å². The van der Waals surface area contributed by atoms with E-state index in [0.717, 1.165) is 12.8 Å². The molecule has 1 saturated carbocycles. The van der Waals surface area contributed by atoms with Crippen LogP contribution in [0.3, 0.4) is 0 Å². The van der Waals surface area contributed by atoms with E-state index in [2.05, 4.69) is 25.7 Å². The molecule has 0 spiro atoms. The highest BCUT2D eigenvalue weighted by atomic mass is 16.4. The molecule has 0 bridgehead atoms. The van der Waals surface area contributed by atoms with E-state index in [1.807, 2.05) is 12.1 Å². The molecule has 3 heterocycles. The van der Waals surface area contributed by atoms with Crippen molar-refractivity contribution >= 4 is 34.5 Å². The van der Waals surface area contributed by atoms with E-state index in [1.54, 1.807) is 12.1 Å². The molecule has 5 rings (SSSR count). The zero-order valence-electron chi connectivity index (χ0n) is 13.9. The summed E-state index contributed by atoms with van der Waals surface area (Å²) in [5, 5.41) is 24.7. The fraction of sp³-hybridized carbons (Fsp3) is 0.176. The van der Waals surface area contributed by atoms with Gasteiger partial charge in [0.15, 0.2) is 5.65 Å². The molecule has 0 saturated heterocycles. The molecule has 1 aliphatic rings. The summed E-state index contributed by atoms with van der Waals surface area (Å²) in [7, 11) is 0. The molecule has 134 valence electrons. The van der Waals surface area contributed by atoms with Crippen LogP contribution in [0.15, 0.2) is 36.5 Å². The number of carbonyl (C=O) groups excluding carboxylic acids is 1. The average molecular weight is 363 g/mol. The zero-order chi connectivity index (χ0) is 18.5. The molecule has 0 atom stereocenters. The van der Waals surface area contributed by atoms with Crippen molar-refractivity contribution in [1.29, 1.82) is 0 Å². The van der Waals surface area contributed by atoms with E-state index in [0.29, 0.717) is 22.4 Å². The Morgan fingerprint density at radius 1 is 1.22 bits per heavy atom. The maximum Gasteiger partial charge on any atom is 0.338 e. The number of aromatic carboxylic acids is 1. The predicted molar refractivity (Wildman–Crippen MR) is 93.7 cm³/mol. The van der Waals surface area contributed by atoms with Crippen LogP contribution in [0, 0.1) is 5.92 Å². The van der Waals surface area contributed by atoms with Crippen LogP contribution in [-0.2, 0) is 4.79 Å². The Balaban J connectivity index is 1.65. The van der Waals surface area contributed by atoms with Gasteiger partial charge in [-0.3, -0.25) is 10.1 Å². The molecule has 1 aromatic carbocycles. The molecule has 1 aliphatic carbocycles. The molecular weight excluding hydrogens is 350 g/mol. The second-order valence-electron chi connectivity index (χ2n) is 6.37. The molecule has 4 aromatic rings. The first-order chi connectivity index (χ1) is 13.1. The van der Waals surface area contributed by atoms with Gasteiger partial charge in [-0.25, -0.2) is 14.0 Å². The lowest BCUT2D eigenvalue weighted by Crippen LogP contribution is -2.14. The van der Waals surface area contributed by atoms with Crippen LogP contribution in [-0.4, -0.2) is 46.6 Å². The number of carboxylic acid groups (broad SMARTS) is 1. The topological polar surface area (TPSA) is 127 Å². The van der Waals surface area contributed by atoms with Gasteiger partial charge >= 0.3 is 5.97 Å². The number of para-hydroxylation sites is 1. The van der Waals surface area contributed by atoms with E-state index in [-0.39, 0.29) is 23.3 Å². The lowest BCUT2D eigenvalue weighted by molar-refractivity contribution is -0.117. The second-order valence-corrected chi connectivity index (χ2v) is 6.37. The van der Waals surface area contributed by atoms with Crippen molar-refractivity contribution in [2.75, 3.05) is 5.32 Å². The maximum absolute atomic E-state index is 11.9. The summed E-state index contributed by atoms with van der Waals surface area (Å²) in [5.74, 6) is -1.09. The van der Waals surface area contributed by atoms with Crippen LogP contribution >= 0.6 is 0 Å². The number of carboxylic acids is 1. The van der Waals surface area contributed by atoms with E-state index in [9.17, 15) is 14.7 Å². The van der Waals surface area contributed by atoms with Crippen LogP contribution < -0.4 is 5.32 Å². The van der Waals surface area contributed by atoms with Crippen molar-refractivity contribution in [3.8, 4) is 5.69 Å². The lowest BCUT2D eigenvalue weighted by atomic mass is 10.2. The fourth-order valence-corrected chi connectivity index (χ4v) is 2.91. The summed E-state index contributed by atoms with van der Waals surface area (Å²) in [6.07, 6.45) is 3.25. The Bertz CT molecular complexity index is 1220. The Morgan fingerprint density at radius 3 is 2.81 bits per heavy atom. The van der Waals surface area contributed by atoms with Crippen LogP contribution in [0.4, 0.5) is 5.95 Å². The van der Waals surface area contributed by atoms with Gasteiger partial charge in [0.25, 0.3) is 0 Å². The molecule has 1 amide bonds. The van der Waals surface area contributed by atoms with Gasteiger partial charge in [-0.05, 0) is 31.0 Å². The molecule has 0 unspecified atom stereocenters. The van der Waals surface area contributed by atoms with Gasteiger partial charge < -0.3 is 5.11 Å². The summed E-state index contributed by atoms with van der Waals surface area (Å²) in [5.41, 5.74) is 1.93. The summed E-state index contributed by atoms with van der Waals surface area (Å²) in [4.78, 5) is 27.9. The van der Waals surface area contributed by atoms with Gasteiger partial charge in [0.05, 0.1) is 17.3 Å². The van der Waals surface area contributed by atoms with Gasteiger partial charge in [0, 0.05) is 5.92 Å². The second kappa shape index (κ2) is 5.59. The molecule has 0 aliphatic heterocycles. The Labute approximate surface area is 151 Å². The number of hydrogen-bond donors (Lipinski definition) is 2. The number of hydrogen-bond acceptors (Lipinski definition) is 6. The highest BCUT2D eigenvalue weighted by Crippen LogP contribution is 2.30. The lowest BCUT2D eigenvalue weighted by Gasteiger charge is -2.07. The largest absolute Gasteiger partial charge is 0.478 e. The van der Waals surface area contributed by atoms with Gasteiger partial charge in [-0.1, -0.05) is 17.3 Å². The Morgan fingerprint density at radius 2 is 2.04 bits per heavy atom. The quantitative estimate of drug-likeness (QED) is 0.562. The minimum absolute atomic E-state index is 0.00521. The number of pyridine rings is 1. The number of anilines is 1. The highest BCUT2D eigenvalue weighted by molar-refractivity contribution is 5.95. The number of rotatable bonds is 4. The zero-order valence-corrected chi connectivity index (χ0v) is 13.9. The molecule has 3 aromatic heterocycles. The average Bonchev–Trinajstić information content (AvgIpc) is 3.31. The SMILES string of the molecule is O=C(O)c1cc2nc(NC(=O)C3CC3)nn2cc1-n1nnc2ccccc21. The molecule has 0 radical (unpaired) electrons. The molecule has 1 fully saturated rings. The molecular formula is C17H13N7O3. The van der Waals surface area contributed by atoms with Crippen molar-refractivity contribution in [3.63, 3.8) is 0 Å². The minimum Gasteiger partial charge on any atom is -0.478 e. The summed E-state index contributed by atoms with van der Waals surface area (Å²) >= 11 is 0. The summed E-state index contributed by atoms with van der Waals surface area (Å²) in [6.45, 7) is 0. The molecule has 27 heavy (non-hydrogen) atoms. The standard InChI is InChI=1S/C17H13N7O3/c25-15(9-5-6-9)19-17-18-14-7-10(16(26)27)13(8-23(14)21-17)24-12-4-2-1-3-11(12)20-22-24/h1-4,7-9H,5-6H2,(H,26,27)(H,19,21,25). The van der Waals surface area contributed by atoms with Crippen LogP contribution in [0.5, 0.6) is 0 Å². The van der Waals surface area contributed by atoms with Crippen LogP contribution in [0.2, 0.25) is 0 Å². The van der Waals surface area contributed by atoms with Gasteiger partial charge in [-0.2, -0.15) is 4.98 Å². The van der Waals surface area contributed by atoms with Crippen molar-refractivity contribution in [2.45, 2.75) is 12.8 Å². The smallest absolute Gasteiger partial charge is 0.338 e. The van der Waals surface area contributed by atoms with Crippen molar-refractivity contribution in [3.05, 3.63) is 42.1 Å². The highest BCUT2D eigenvalue weighted by Gasteiger charge is 2.30.